The van der Waals surface area contributed by atoms with Gasteiger partial charge in [0.05, 0.1) is 17.0 Å². The van der Waals surface area contributed by atoms with Crippen LogP contribution < -0.4 is 31.3 Å². The molecule has 10 aromatic rings. The number of rotatable bonds is 5. The van der Waals surface area contributed by atoms with Crippen molar-refractivity contribution in [1.82, 2.24) is 0 Å². The molecular weight excluding hydrogens is 1040 g/mol. The standard InChI is InChI=1S/C78H82BN3OS/c1-72(2,3)47-25-27-49(28-26-47)81-63-45-60-59(76(10,11)36-37-77(60,12)13)44-62(63)79-69-64(81)40-52(80(48-21-17-16-18-22-48)51-29-31-54-53-23-19-20-24-67(53)84-68(54)42-51)41-65(69)82(50-30-32-56-57(39-50)74(6,7)34-33-73(56,4)5)70-55-43-58-61(46-66(55)83-71(70)79)78(14,15)38-35-75(58,8)9/h16-32,39-46H,33-38H2,1-15H3. The fourth-order valence-electron chi connectivity index (χ4n) is 16.0. The highest BCUT2D eigenvalue weighted by Gasteiger charge is 2.51. The molecule has 0 saturated carbocycles. The van der Waals surface area contributed by atoms with Crippen LogP contribution in [-0.4, -0.2) is 6.71 Å². The van der Waals surface area contributed by atoms with Crippen molar-refractivity contribution in [3.63, 3.8) is 0 Å². The van der Waals surface area contributed by atoms with Crippen molar-refractivity contribution in [3.05, 3.63) is 191 Å². The Morgan fingerprint density at radius 3 is 1.61 bits per heavy atom. The lowest BCUT2D eigenvalue weighted by atomic mass is 9.35. The molecular formula is C78H82BN3OS. The average molecular weight is 1120 g/mol. The second-order valence-electron chi connectivity index (χ2n) is 30.9. The van der Waals surface area contributed by atoms with E-state index in [0.29, 0.717) is 0 Å². The predicted molar refractivity (Wildman–Crippen MR) is 362 cm³/mol. The Balaban J connectivity index is 1.11. The molecule has 0 radical (unpaired) electrons. The molecule has 0 fully saturated rings. The van der Waals surface area contributed by atoms with Gasteiger partial charge in [-0.15, -0.1) is 11.3 Å². The van der Waals surface area contributed by atoms with Crippen molar-refractivity contribution < 1.29 is 4.42 Å². The number of anilines is 9. The second kappa shape index (κ2) is 17.8. The van der Waals surface area contributed by atoms with Crippen molar-refractivity contribution in [2.75, 3.05) is 14.7 Å². The van der Waals surface area contributed by atoms with Crippen molar-refractivity contribution in [2.24, 2.45) is 0 Å². The number of hydrogen-bond acceptors (Lipinski definition) is 5. The number of hydrogen-bond donors (Lipinski definition) is 0. The van der Waals surface area contributed by atoms with Crippen LogP contribution in [0.5, 0.6) is 0 Å². The Kier molecular flexibility index (Phi) is 11.4. The van der Waals surface area contributed by atoms with Crippen LogP contribution in [-0.2, 0) is 37.9 Å². The van der Waals surface area contributed by atoms with E-state index in [4.69, 9.17) is 4.42 Å². The third-order valence-corrected chi connectivity index (χ3v) is 22.7. The molecule has 0 spiro atoms. The molecule has 84 heavy (non-hydrogen) atoms. The zero-order chi connectivity index (χ0) is 58.6. The fourth-order valence-corrected chi connectivity index (χ4v) is 17.1. The largest absolute Gasteiger partial charge is 0.468 e. The predicted octanol–water partition coefficient (Wildman–Crippen LogP) is 20.7. The van der Waals surface area contributed by atoms with E-state index in [9.17, 15) is 0 Å². The number of furan rings is 1. The molecule has 2 aliphatic heterocycles. The van der Waals surface area contributed by atoms with Crippen LogP contribution in [0.25, 0.3) is 31.1 Å². The first-order valence-electron chi connectivity index (χ1n) is 31.3. The van der Waals surface area contributed by atoms with Gasteiger partial charge in [0.2, 0.25) is 0 Å². The molecule has 15 rings (SSSR count). The van der Waals surface area contributed by atoms with E-state index in [-0.39, 0.29) is 44.6 Å². The number of thiophene rings is 1. The third kappa shape index (κ3) is 7.97. The smallest absolute Gasteiger partial charge is 0.297 e. The Labute approximate surface area is 504 Å². The van der Waals surface area contributed by atoms with Gasteiger partial charge in [0.15, 0.2) is 0 Å². The first-order valence-corrected chi connectivity index (χ1v) is 32.1. The molecule has 8 aromatic carbocycles. The van der Waals surface area contributed by atoms with E-state index in [0.717, 1.165) is 72.5 Å². The van der Waals surface area contributed by atoms with Crippen molar-refractivity contribution in [1.29, 1.82) is 0 Å². The highest BCUT2D eigenvalue weighted by Crippen LogP contribution is 2.56. The Morgan fingerprint density at radius 2 is 0.964 bits per heavy atom. The van der Waals surface area contributed by atoms with E-state index >= 15 is 0 Å². The second-order valence-corrected chi connectivity index (χ2v) is 32.0. The molecule has 4 heterocycles. The topological polar surface area (TPSA) is 22.9 Å². The summed E-state index contributed by atoms with van der Waals surface area (Å²) in [5, 5.41) is 3.80. The van der Waals surface area contributed by atoms with Gasteiger partial charge in [-0.1, -0.05) is 171 Å². The zero-order valence-corrected chi connectivity index (χ0v) is 53.2. The summed E-state index contributed by atoms with van der Waals surface area (Å²) in [6.45, 7) is 36.4. The van der Waals surface area contributed by atoms with Gasteiger partial charge in [0, 0.05) is 65.4 Å². The van der Waals surface area contributed by atoms with E-state index in [1.54, 1.807) is 0 Å². The van der Waals surface area contributed by atoms with Gasteiger partial charge in [-0.2, -0.15) is 0 Å². The number of nitrogens with zero attached hydrogens (tertiary/aromatic N) is 3. The van der Waals surface area contributed by atoms with Crippen LogP contribution >= 0.6 is 11.3 Å². The van der Waals surface area contributed by atoms with Gasteiger partial charge in [-0.3, -0.25) is 0 Å². The summed E-state index contributed by atoms with van der Waals surface area (Å²) in [5.41, 5.74) is 25.1. The molecule has 3 aliphatic carbocycles. The van der Waals surface area contributed by atoms with Gasteiger partial charge >= 0.3 is 0 Å². The highest BCUT2D eigenvalue weighted by atomic mass is 32.1. The maximum absolute atomic E-state index is 7.91. The average Bonchev–Trinajstić information content (AvgIpc) is 1.26. The van der Waals surface area contributed by atoms with Gasteiger partial charge in [0.25, 0.3) is 6.71 Å². The lowest BCUT2D eigenvalue weighted by Gasteiger charge is -2.47. The van der Waals surface area contributed by atoms with E-state index in [1.807, 2.05) is 11.3 Å². The highest BCUT2D eigenvalue weighted by molar-refractivity contribution is 7.25. The van der Waals surface area contributed by atoms with Crippen LogP contribution in [0.3, 0.4) is 0 Å². The summed E-state index contributed by atoms with van der Waals surface area (Å²) >= 11 is 1.89. The quantitative estimate of drug-likeness (QED) is 0.160. The van der Waals surface area contributed by atoms with Crippen molar-refractivity contribution in [2.45, 2.75) is 180 Å². The minimum Gasteiger partial charge on any atom is -0.468 e. The van der Waals surface area contributed by atoms with Crippen LogP contribution in [0.15, 0.2) is 156 Å². The monoisotopic (exact) mass is 1120 g/mol. The number of fused-ring (bicyclic) bond motifs is 12. The molecule has 424 valence electrons. The summed E-state index contributed by atoms with van der Waals surface area (Å²) in [7, 11) is 0. The zero-order valence-electron chi connectivity index (χ0n) is 52.4. The number of benzene rings is 8. The van der Waals surface area contributed by atoms with Crippen LogP contribution in [0, 0.1) is 0 Å². The van der Waals surface area contributed by atoms with Gasteiger partial charge in [0.1, 0.15) is 5.58 Å². The normalized spacial score (nSPS) is 19.1. The Hall–Kier alpha value is -7.02. The Bertz CT molecular complexity index is 4390. The lowest BCUT2D eigenvalue weighted by Crippen LogP contribution is -2.61. The molecule has 6 heteroatoms. The molecule has 5 aliphatic rings. The van der Waals surface area contributed by atoms with E-state index < -0.39 is 0 Å². The van der Waals surface area contributed by atoms with Crippen LogP contribution in [0.4, 0.5) is 51.2 Å². The van der Waals surface area contributed by atoms with Gasteiger partial charge in [-0.05, 0) is 211 Å². The molecule has 0 amide bonds. The summed E-state index contributed by atoms with van der Waals surface area (Å²) in [6, 6.07) is 59.7. The van der Waals surface area contributed by atoms with E-state index in [2.05, 4.69) is 270 Å². The fraction of sp³-hybridized carbons (Fsp3) is 0.359. The van der Waals surface area contributed by atoms with Crippen LogP contribution in [0.2, 0.25) is 0 Å². The maximum Gasteiger partial charge on any atom is 0.297 e. The third-order valence-electron chi connectivity index (χ3n) is 21.6. The van der Waals surface area contributed by atoms with Crippen molar-refractivity contribution in [3.8, 4) is 0 Å². The molecule has 0 atom stereocenters. The molecule has 4 nitrogen and oxygen atoms in total. The minimum atomic E-state index is -0.208. The van der Waals surface area contributed by atoms with Gasteiger partial charge < -0.3 is 19.1 Å². The SMILES string of the molecule is CC(C)(C)c1ccc(N2c3cc4c(cc3B3c5oc6cc7c(cc6c5N(c5ccc6c(c5)C(C)(C)CCC6(C)C)c5cc(N(c6ccccc6)c6ccc8c(c6)sc6ccccc68)cc2c53)C(C)(C)CCC7(C)C)C(C)(C)CCC4(C)C)cc1. The Morgan fingerprint density at radius 1 is 0.429 bits per heavy atom. The lowest BCUT2D eigenvalue weighted by molar-refractivity contribution is 0.332. The summed E-state index contributed by atoms with van der Waals surface area (Å²) in [4.78, 5) is 7.87. The summed E-state index contributed by atoms with van der Waals surface area (Å²) in [5.74, 6) is 0. The first-order chi connectivity index (χ1) is 39.7. The van der Waals surface area contributed by atoms with Crippen LogP contribution in [0.1, 0.15) is 181 Å². The first kappa shape index (κ1) is 53.7. The van der Waals surface area contributed by atoms with Gasteiger partial charge in [-0.25, -0.2) is 0 Å². The molecule has 0 bridgehead atoms. The maximum atomic E-state index is 7.91. The number of para-hydroxylation sites is 1. The summed E-state index contributed by atoms with van der Waals surface area (Å²) in [6.07, 6.45) is 6.83. The van der Waals surface area contributed by atoms with E-state index in [1.165, 1.54) is 104 Å². The summed E-state index contributed by atoms with van der Waals surface area (Å²) < 4.78 is 10.5. The molecule has 2 aromatic heterocycles. The van der Waals surface area contributed by atoms with Crippen molar-refractivity contribution >= 4 is 117 Å². The molecule has 0 N–H and O–H groups in total. The molecule has 0 unspecified atom stereocenters. The molecule has 0 saturated heterocycles. The minimum absolute atomic E-state index is 0.00557.